The molecule has 0 saturated heterocycles. The van der Waals surface area contributed by atoms with Crippen LogP contribution in [0.15, 0.2) is 12.3 Å². The van der Waals surface area contributed by atoms with Gasteiger partial charge in [0.15, 0.2) is 0 Å². The largest absolute Gasteiger partial charge is 0.351 e. The van der Waals surface area contributed by atoms with Gasteiger partial charge >= 0.3 is 6.03 Å². The Hall–Kier alpha value is -1.10. The molecule has 1 heterocycles. The minimum absolute atomic E-state index is 0.0661. The molecule has 1 unspecified atom stereocenters. The van der Waals surface area contributed by atoms with E-state index in [0.29, 0.717) is 0 Å². The van der Waals surface area contributed by atoms with Gasteiger partial charge in [-0.05, 0) is 6.08 Å². The SMILES string of the molecule is NC1C=CN(F)C(=O)N1. The molecule has 0 aromatic carbocycles. The van der Waals surface area contributed by atoms with Gasteiger partial charge in [0, 0.05) is 6.20 Å². The third-order valence-electron chi connectivity index (χ3n) is 0.908. The molecule has 1 aliphatic heterocycles. The molecule has 3 N–H and O–H groups in total. The molecule has 0 spiro atoms. The first-order chi connectivity index (χ1) is 4.20. The number of halogens is 1. The van der Waals surface area contributed by atoms with E-state index >= 15 is 0 Å². The lowest BCUT2D eigenvalue weighted by atomic mass is 10.4. The van der Waals surface area contributed by atoms with Crippen LogP contribution in [-0.4, -0.2) is 17.3 Å². The summed E-state index contributed by atoms with van der Waals surface area (Å²) in [6.07, 6.45) is 1.75. The smallest absolute Gasteiger partial charge is 0.317 e. The molecule has 9 heavy (non-hydrogen) atoms. The number of nitrogens with one attached hydrogen (secondary N) is 1. The van der Waals surface area contributed by atoms with Crippen LogP contribution >= 0.6 is 0 Å². The number of nitrogens with two attached hydrogens (primary N) is 1. The first kappa shape index (κ1) is 6.03. The number of hydrogen-bond donors (Lipinski definition) is 2. The van der Waals surface area contributed by atoms with Crippen molar-refractivity contribution in [1.29, 1.82) is 0 Å². The summed E-state index contributed by atoms with van der Waals surface area (Å²) in [5, 5.41) is 2.07. The second kappa shape index (κ2) is 2.02. The van der Waals surface area contributed by atoms with Gasteiger partial charge in [-0.3, -0.25) is 0 Å². The number of carbonyl (C=O) groups is 1. The molecule has 0 saturated carbocycles. The van der Waals surface area contributed by atoms with E-state index in [1.54, 1.807) is 0 Å². The van der Waals surface area contributed by atoms with Crippen LogP contribution in [0.2, 0.25) is 0 Å². The number of carbonyl (C=O) groups excluding carboxylic acids is 1. The lowest BCUT2D eigenvalue weighted by molar-refractivity contribution is 0.108. The van der Waals surface area contributed by atoms with Crippen LogP contribution in [0.3, 0.4) is 0 Å². The second-order valence-corrected chi connectivity index (χ2v) is 1.63. The minimum Gasteiger partial charge on any atom is -0.317 e. The van der Waals surface area contributed by atoms with Gasteiger partial charge in [0.1, 0.15) is 0 Å². The number of nitrogens with zero attached hydrogens (tertiary/aromatic N) is 1. The molecule has 1 aliphatic rings. The van der Waals surface area contributed by atoms with Gasteiger partial charge in [-0.1, -0.05) is 4.48 Å². The highest BCUT2D eigenvalue weighted by Crippen LogP contribution is 1.97. The average molecular weight is 131 g/mol. The van der Waals surface area contributed by atoms with Crippen molar-refractivity contribution in [1.82, 2.24) is 10.4 Å². The van der Waals surface area contributed by atoms with E-state index in [4.69, 9.17) is 5.73 Å². The Labute approximate surface area is 51.1 Å². The summed E-state index contributed by atoms with van der Waals surface area (Å²) in [4.78, 5) is 10.3. The van der Waals surface area contributed by atoms with Crippen LogP contribution in [0.5, 0.6) is 0 Å². The minimum atomic E-state index is -0.829. The first-order valence-corrected chi connectivity index (χ1v) is 2.39. The first-order valence-electron chi connectivity index (χ1n) is 2.39. The Morgan fingerprint density at radius 2 is 2.56 bits per heavy atom. The fraction of sp³-hybridized carbons (Fsp3) is 0.250. The van der Waals surface area contributed by atoms with Gasteiger partial charge in [0.2, 0.25) is 0 Å². The fourth-order valence-electron chi connectivity index (χ4n) is 0.488. The molecule has 5 heteroatoms. The number of urea groups is 1. The predicted octanol–water partition coefficient (Wildman–Crippen LogP) is -0.305. The zero-order chi connectivity index (χ0) is 6.85. The average Bonchev–Trinajstić information content (AvgIpc) is 1.80. The van der Waals surface area contributed by atoms with Crippen LogP contribution in [0.1, 0.15) is 0 Å². The Balaban J connectivity index is 2.65. The number of hydrogen-bond acceptors (Lipinski definition) is 2. The summed E-state index contributed by atoms with van der Waals surface area (Å²) >= 11 is 0. The maximum absolute atomic E-state index is 12.0. The molecule has 0 bridgehead atoms. The summed E-state index contributed by atoms with van der Waals surface area (Å²) in [6.45, 7) is 0. The lowest BCUT2D eigenvalue weighted by Crippen LogP contribution is -2.46. The summed E-state index contributed by atoms with van der Waals surface area (Å²) in [5.41, 5.74) is 5.18. The molecular weight excluding hydrogens is 125 g/mol. The molecule has 4 nitrogen and oxygen atoms in total. The Morgan fingerprint density at radius 3 is 3.00 bits per heavy atom. The zero-order valence-corrected chi connectivity index (χ0v) is 4.54. The van der Waals surface area contributed by atoms with E-state index in [1.807, 2.05) is 0 Å². The lowest BCUT2D eigenvalue weighted by Gasteiger charge is -2.17. The van der Waals surface area contributed by atoms with Crippen LogP contribution in [0, 0.1) is 0 Å². The third kappa shape index (κ3) is 1.17. The standard InChI is InChI=1S/C4H6FN3O/c5-8-2-1-3(6)7-4(8)9/h1-3H,6H2,(H,7,9). The monoisotopic (exact) mass is 131 g/mol. The van der Waals surface area contributed by atoms with Gasteiger partial charge in [-0.15, -0.1) is 5.12 Å². The van der Waals surface area contributed by atoms with Crippen LogP contribution in [0.25, 0.3) is 0 Å². The maximum atomic E-state index is 12.0. The van der Waals surface area contributed by atoms with Gasteiger partial charge < -0.3 is 11.1 Å². The van der Waals surface area contributed by atoms with Crippen LogP contribution in [0.4, 0.5) is 9.28 Å². The summed E-state index contributed by atoms with van der Waals surface area (Å²) < 4.78 is 12.0. The molecule has 0 aromatic heterocycles. The van der Waals surface area contributed by atoms with Crippen molar-refractivity contribution in [2.45, 2.75) is 6.17 Å². The topological polar surface area (TPSA) is 58.4 Å². The van der Waals surface area contributed by atoms with Crippen molar-refractivity contribution < 1.29 is 9.28 Å². The van der Waals surface area contributed by atoms with Crippen molar-refractivity contribution in [3.8, 4) is 0 Å². The summed E-state index contributed by atoms with van der Waals surface area (Å²) in [5.74, 6) is 0. The molecule has 1 atom stereocenters. The molecule has 2 amide bonds. The van der Waals surface area contributed by atoms with Crippen molar-refractivity contribution >= 4 is 6.03 Å². The Bertz CT molecular complexity index is 158. The van der Waals surface area contributed by atoms with E-state index in [9.17, 15) is 9.28 Å². The van der Waals surface area contributed by atoms with Crippen LogP contribution < -0.4 is 11.1 Å². The number of amides is 2. The van der Waals surface area contributed by atoms with Crippen molar-refractivity contribution in [2.75, 3.05) is 0 Å². The molecule has 0 fully saturated rings. The molecule has 0 radical (unpaired) electrons. The Kier molecular flexibility index (Phi) is 1.35. The summed E-state index contributed by atoms with van der Waals surface area (Å²) in [6, 6.07) is -0.829. The number of rotatable bonds is 0. The van der Waals surface area contributed by atoms with Crippen molar-refractivity contribution in [3.63, 3.8) is 0 Å². The molecule has 0 aliphatic carbocycles. The predicted molar refractivity (Wildman–Crippen MR) is 28.6 cm³/mol. The van der Waals surface area contributed by atoms with E-state index < -0.39 is 12.2 Å². The molecular formula is C4H6FN3O. The highest BCUT2D eigenvalue weighted by Gasteiger charge is 2.15. The van der Waals surface area contributed by atoms with Crippen LogP contribution in [-0.2, 0) is 0 Å². The quantitative estimate of drug-likeness (QED) is 0.443. The zero-order valence-electron chi connectivity index (χ0n) is 4.54. The van der Waals surface area contributed by atoms with Gasteiger partial charge in [-0.2, -0.15) is 0 Å². The summed E-state index contributed by atoms with van der Waals surface area (Å²) in [7, 11) is 0. The molecule has 1 rings (SSSR count). The van der Waals surface area contributed by atoms with E-state index in [1.165, 1.54) is 6.08 Å². The highest BCUT2D eigenvalue weighted by atomic mass is 19.2. The highest BCUT2D eigenvalue weighted by molar-refractivity contribution is 5.75. The van der Waals surface area contributed by atoms with E-state index in [-0.39, 0.29) is 5.12 Å². The molecule has 50 valence electrons. The van der Waals surface area contributed by atoms with Crippen molar-refractivity contribution in [2.24, 2.45) is 5.73 Å². The van der Waals surface area contributed by atoms with Gasteiger partial charge in [0.05, 0.1) is 6.17 Å². The van der Waals surface area contributed by atoms with Gasteiger partial charge in [-0.25, -0.2) is 4.79 Å². The fourth-order valence-corrected chi connectivity index (χ4v) is 0.488. The second-order valence-electron chi connectivity index (χ2n) is 1.63. The van der Waals surface area contributed by atoms with E-state index in [0.717, 1.165) is 6.20 Å². The van der Waals surface area contributed by atoms with E-state index in [2.05, 4.69) is 5.32 Å². The molecule has 0 aromatic rings. The Morgan fingerprint density at radius 1 is 1.89 bits per heavy atom. The maximum Gasteiger partial charge on any atom is 0.351 e. The third-order valence-corrected chi connectivity index (χ3v) is 0.908. The van der Waals surface area contributed by atoms with Gasteiger partial charge in [0.25, 0.3) is 0 Å². The normalized spacial score (nSPS) is 26.2. The van der Waals surface area contributed by atoms with Crippen molar-refractivity contribution in [3.05, 3.63) is 12.3 Å².